The molecule has 0 bridgehead atoms. The van der Waals surface area contributed by atoms with Crippen LogP contribution < -0.4 is 20.7 Å². The number of carbonyl (C=O) groups is 1. The van der Waals surface area contributed by atoms with Gasteiger partial charge in [0.2, 0.25) is 0 Å². The van der Waals surface area contributed by atoms with Crippen molar-refractivity contribution in [2.75, 3.05) is 53.4 Å². The van der Waals surface area contributed by atoms with E-state index < -0.39 is 0 Å². The first-order chi connectivity index (χ1) is 12.7. The van der Waals surface area contributed by atoms with Gasteiger partial charge in [-0.05, 0) is 44.1 Å². The lowest BCUT2D eigenvalue weighted by Gasteiger charge is -2.26. The van der Waals surface area contributed by atoms with Gasteiger partial charge < -0.3 is 25.6 Å². The Morgan fingerprint density at radius 3 is 2.58 bits per heavy atom. The molecule has 0 radical (unpaired) electrons. The van der Waals surface area contributed by atoms with E-state index in [0.717, 1.165) is 19.0 Å². The molecular formula is C19H31N5O2. The zero-order chi connectivity index (χ0) is 18.6. The van der Waals surface area contributed by atoms with Crippen LogP contribution in [-0.2, 0) is 0 Å². The number of amides is 1. The molecule has 1 aliphatic heterocycles. The molecule has 1 amide bonds. The number of guanidine groups is 1. The second-order valence-electron chi connectivity index (χ2n) is 6.32. The number of benzene rings is 1. The molecule has 144 valence electrons. The number of hydrogen-bond donors (Lipinski definition) is 3. The van der Waals surface area contributed by atoms with Crippen LogP contribution in [0.5, 0.6) is 5.75 Å². The van der Waals surface area contributed by atoms with Crippen molar-refractivity contribution in [3.63, 3.8) is 0 Å². The van der Waals surface area contributed by atoms with E-state index in [0.29, 0.717) is 24.4 Å². The van der Waals surface area contributed by atoms with Gasteiger partial charge in [0.05, 0.1) is 7.11 Å². The third kappa shape index (κ3) is 6.92. The van der Waals surface area contributed by atoms with Crippen molar-refractivity contribution in [3.05, 3.63) is 29.8 Å². The number of rotatable bonds is 8. The minimum atomic E-state index is -0.112. The standard InChI is InChI=1S/C19H31N5O2/c1-20-19(23-11-14-24-12-4-3-5-13-24)22-10-9-21-18(25)16-7-6-8-17(15-16)26-2/h6-8,15H,3-5,9-14H2,1-2H3,(H,21,25)(H2,20,22,23). The van der Waals surface area contributed by atoms with Crippen LogP contribution in [0, 0.1) is 0 Å². The number of methoxy groups -OCH3 is 1. The number of ether oxygens (including phenoxy) is 1. The Labute approximate surface area is 156 Å². The van der Waals surface area contributed by atoms with E-state index >= 15 is 0 Å². The molecule has 26 heavy (non-hydrogen) atoms. The maximum absolute atomic E-state index is 12.1. The average molecular weight is 361 g/mol. The predicted molar refractivity (Wildman–Crippen MR) is 105 cm³/mol. The molecule has 0 unspecified atom stereocenters. The second-order valence-corrected chi connectivity index (χ2v) is 6.32. The predicted octanol–water partition coefficient (Wildman–Crippen LogP) is 1.08. The first kappa shape index (κ1) is 20.0. The van der Waals surface area contributed by atoms with Crippen LogP contribution in [0.15, 0.2) is 29.3 Å². The van der Waals surface area contributed by atoms with Crippen molar-refractivity contribution in [1.82, 2.24) is 20.9 Å². The number of likely N-dealkylation sites (tertiary alicyclic amines) is 1. The van der Waals surface area contributed by atoms with Gasteiger partial charge in [-0.2, -0.15) is 0 Å². The van der Waals surface area contributed by atoms with Crippen LogP contribution in [0.2, 0.25) is 0 Å². The van der Waals surface area contributed by atoms with E-state index in [1.165, 1.54) is 32.4 Å². The summed E-state index contributed by atoms with van der Waals surface area (Å²) in [5, 5.41) is 9.43. The maximum Gasteiger partial charge on any atom is 0.251 e. The van der Waals surface area contributed by atoms with Gasteiger partial charge in [0, 0.05) is 38.8 Å². The summed E-state index contributed by atoms with van der Waals surface area (Å²) in [6, 6.07) is 7.12. The SMILES string of the molecule is CN=C(NCCNC(=O)c1cccc(OC)c1)NCCN1CCCCC1. The molecule has 2 rings (SSSR count). The number of piperidine rings is 1. The van der Waals surface area contributed by atoms with Crippen molar-refractivity contribution in [3.8, 4) is 5.75 Å². The molecule has 0 aliphatic carbocycles. The van der Waals surface area contributed by atoms with E-state index in [9.17, 15) is 4.79 Å². The fourth-order valence-electron chi connectivity index (χ4n) is 2.96. The topological polar surface area (TPSA) is 78.0 Å². The van der Waals surface area contributed by atoms with Gasteiger partial charge in [-0.25, -0.2) is 0 Å². The minimum absolute atomic E-state index is 0.112. The van der Waals surface area contributed by atoms with E-state index in [2.05, 4.69) is 25.8 Å². The first-order valence-electron chi connectivity index (χ1n) is 9.32. The van der Waals surface area contributed by atoms with E-state index in [-0.39, 0.29) is 5.91 Å². The molecule has 7 heteroatoms. The van der Waals surface area contributed by atoms with Gasteiger partial charge >= 0.3 is 0 Å². The van der Waals surface area contributed by atoms with Gasteiger partial charge in [0.15, 0.2) is 5.96 Å². The Bertz CT molecular complexity index is 585. The molecule has 1 aliphatic rings. The van der Waals surface area contributed by atoms with Crippen LogP contribution in [-0.4, -0.2) is 70.2 Å². The van der Waals surface area contributed by atoms with Crippen molar-refractivity contribution in [2.45, 2.75) is 19.3 Å². The summed E-state index contributed by atoms with van der Waals surface area (Å²) in [5.41, 5.74) is 0.591. The van der Waals surface area contributed by atoms with Crippen molar-refractivity contribution >= 4 is 11.9 Å². The van der Waals surface area contributed by atoms with Crippen LogP contribution in [0.4, 0.5) is 0 Å². The summed E-state index contributed by atoms with van der Waals surface area (Å²) in [6.07, 6.45) is 3.97. The number of hydrogen-bond acceptors (Lipinski definition) is 4. The van der Waals surface area contributed by atoms with Crippen LogP contribution in [0.25, 0.3) is 0 Å². The van der Waals surface area contributed by atoms with Crippen molar-refractivity contribution < 1.29 is 9.53 Å². The van der Waals surface area contributed by atoms with Crippen LogP contribution >= 0.6 is 0 Å². The summed E-state index contributed by atoms with van der Waals surface area (Å²) in [5.74, 6) is 1.32. The van der Waals surface area contributed by atoms with Gasteiger partial charge in [-0.15, -0.1) is 0 Å². The summed E-state index contributed by atoms with van der Waals surface area (Å²) >= 11 is 0. The molecule has 1 heterocycles. The third-order valence-corrected chi connectivity index (χ3v) is 4.43. The van der Waals surface area contributed by atoms with Gasteiger partial charge in [-0.3, -0.25) is 9.79 Å². The molecule has 0 saturated carbocycles. The molecule has 1 aromatic rings. The molecular weight excluding hydrogens is 330 g/mol. The van der Waals surface area contributed by atoms with E-state index in [1.54, 1.807) is 32.4 Å². The normalized spacial score (nSPS) is 15.4. The van der Waals surface area contributed by atoms with Crippen LogP contribution in [0.1, 0.15) is 29.6 Å². The quantitative estimate of drug-likeness (QED) is 0.367. The van der Waals surface area contributed by atoms with Crippen molar-refractivity contribution in [2.24, 2.45) is 4.99 Å². The number of carbonyl (C=O) groups excluding carboxylic acids is 1. The Hall–Kier alpha value is -2.28. The van der Waals surface area contributed by atoms with Gasteiger partial charge in [0.25, 0.3) is 5.91 Å². The highest BCUT2D eigenvalue weighted by molar-refractivity contribution is 5.94. The highest BCUT2D eigenvalue weighted by atomic mass is 16.5. The molecule has 1 fully saturated rings. The van der Waals surface area contributed by atoms with E-state index in [4.69, 9.17) is 4.74 Å². The molecule has 1 saturated heterocycles. The van der Waals surface area contributed by atoms with Crippen LogP contribution in [0.3, 0.4) is 0 Å². The largest absolute Gasteiger partial charge is 0.497 e. The maximum atomic E-state index is 12.1. The lowest BCUT2D eigenvalue weighted by atomic mass is 10.1. The Balaban J connectivity index is 1.61. The Morgan fingerprint density at radius 1 is 1.12 bits per heavy atom. The molecule has 0 spiro atoms. The Kier molecular flexibility index (Phi) is 8.75. The van der Waals surface area contributed by atoms with Gasteiger partial charge in [0.1, 0.15) is 5.75 Å². The minimum Gasteiger partial charge on any atom is -0.497 e. The van der Waals surface area contributed by atoms with E-state index in [1.807, 2.05) is 6.07 Å². The smallest absolute Gasteiger partial charge is 0.251 e. The average Bonchev–Trinajstić information content (AvgIpc) is 2.70. The zero-order valence-electron chi connectivity index (χ0n) is 15.9. The van der Waals surface area contributed by atoms with Gasteiger partial charge in [-0.1, -0.05) is 12.5 Å². The summed E-state index contributed by atoms with van der Waals surface area (Å²) in [7, 11) is 3.34. The summed E-state index contributed by atoms with van der Waals surface area (Å²) < 4.78 is 5.14. The molecule has 0 aromatic heterocycles. The monoisotopic (exact) mass is 361 g/mol. The fraction of sp³-hybridized carbons (Fsp3) is 0.579. The summed E-state index contributed by atoms with van der Waals surface area (Å²) in [6.45, 7) is 5.43. The highest BCUT2D eigenvalue weighted by Crippen LogP contribution is 2.12. The second kappa shape index (κ2) is 11.4. The van der Waals surface area contributed by atoms with Crippen molar-refractivity contribution in [1.29, 1.82) is 0 Å². The number of nitrogens with zero attached hydrogens (tertiary/aromatic N) is 2. The molecule has 3 N–H and O–H groups in total. The number of aliphatic imine (C=N–C) groups is 1. The third-order valence-electron chi connectivity index (χ3n) is 4.43. The lowest BCUT2D eigenvalue weighted by molar-refractivity contribution is 0.0954. The molecule has 1 aromatic carbocycles. The Morgan fingerprint density at radius 2 is 1.85 bits per heavy atom. The summed E-state index contributed by atoms with van der Waals surface area (Å²) in [4.78, 5) is 18.8. The molecule has 7 nitrogen and oxygen atoms in total. The highest BCUT2D eigenvalue weighted by Gasteiger charge is 2.09. The lowest BCUT2D eigenvalue weighted by Crippen LogP contribution is -2.44. The molecule has 0 atom stereocenters. The number of nitrogens with one attached hydrogen (secondary N) is 3. The fourth-order valence-corrected chi connectivity index (χ4v) is 2.96. The first-order valence-corrected chi connectivity index (χ1v) is 9.32. The zero-order valence-corrected chi connectivity index (χ0v) is 15.9.